The molecule has 2 heterocycles. The Bertz CT molecular complexity index is 5100. The summed E-state index contributed by atoms with van der Waals surface area (Å²) in [6, 6.07) is 117. The number of aromatic nitrogens is 2. The van der Waals surface area contributed by atoms with Crippen molar-refractivity contribution in [2.24, 2.45) is 0 Å². The topological polar surface area (TPSA) is 9.86 Å². The van der Waals surface area contributed by atoms with Crippen LogP contribution in [0.1, 0.15) is 0 Å². The maximum atomic E-state index is 2.47. The maximum absolute atomic E-state index is 2.47. The average Bonchev–Trinajstić information content (AvgIpc) is 3.40. The van der Waals surface area contributed by atoms with Gasteiger partial charge in [0.25, 0.3) is 0 Å². The first-order chi connectivity index (χ1) is 41.7. The van der Waals surface area contributed by atoms with Crippen molar-refractivity contribution < 1.29 is 0 Å². The van der Waals surface area contributed by atoms with Gasteiger partial charge in [-0.05, 0) is 183 Å². The van der Waals surface area contributed by atoms with Crippen molar-refractivity contribution in [2.75, 3.05) is 0 Å². The van der Waals surface area contributed by atoms with Crippen LogP contribution < -0.4 is 0 Å². The second-order valence-corrected chi connectivity index (χ2v) is 22.3. The van der Waals surface area contributed by atoms with E-state index < -0.39 is 0 Å². The molecule has 0 fully saturated rings. The fourth-order valence-electron chi connectivity index (χ4n) is 13.8. The molecule has 0 atom stereocenters. The van der Waals surface area contributed by atoms with Gasteiger partial charge in [-0.3, -0.25) is 0 Å². The number of hydrogen-bond donors (Lipinski definition) is 0. The largest absolute Gasteiger partial charge is 0.309 e. The highest BCUT2D eigenvalue weighted by atomic mass is 15.0. The van der Waals surface area contributed by atoms with E-state index in [4.69, 9.17) is 0 Å². The first-order valence-corrected chi connectivity index (χ1v) is 29.1. The molecule has 0 spiro atoms. The predicted octanol–water partition coefficient (Wildman–Crippen LogP) is 22.5. The number of para-hydroxylation sites is 4. The van der Waals surface area contributed by atoms with Crippen LogP contribution in [0.25, 0.3) is 165 Å². The lowest BCUT2D eigenvalue weighted by Crippen LogP contribution is -1.94. The number of benzene rings is 15. The summed E-state index contributed by atoms with van der Waals surface area (Å²) in [6.45, 7) is 0. The molecule has 0 aliphatic carbocycles. The van der Waals surface area contributed by atoms with E-state index in [1.807, 2.05) is 0 Å². The lowest BCUT2D eigenvalue weighted by molar-refractivity contribution is 1.18. The Hall–Kier alpha value is -11.1. The van der Waals surface area contributed by atoms with E-state index in [1.54, 1.807) is 0 Å². The van der Waals surface area contributed by atoms with E-state index in [2.05, 4.69) is 325 Å². The van der Waals surface area contributed by atoms with Crippen molar-refractivity contribution in [2.45, 2.75) is 0 Å². The summed E-state index contributed by atoms with van der Waals surface area (Å²) in [6.07, 6.45) is 0. The highest BCUT2D eigenvalue weighted by Crippen LogP contribution is 2.48. The minimum absolute atomic E-state index is 1.15. The highest BCUT2D eigenvalue weighted by Gasteiger charge is 2.22. The third-order valence-corrected chi connectivity index (χ3v) is 17.7. The summed E-state index contributed by atoms with van der Waals surface area (Å²) in [5, 5.41) is 14.8. The molecule has 2 heteroatoms. The summed E-state index contributed by atoms with van der Waals surface area (Å²) in [5.41, 5.74) is 21.4. The Morgan fingerprint density at radius 1 is 0.167 bits per heavy atom. The van der Waals surface area contributed by atoms with Crippen molar-refractivity contribution in [3.8, 4) is 78.1 Å². The van der Waals surface area contributed by atoms with Crippen LogP contribution in [-0.4, -0.2) is 9.13 Å². The van der Waals surface area contributed by atoms with Crippen LogP contribution in [0.3, 0.4) is 0 Å². The van der Waals surface area contributed by atoms with Crippen molar-refractivity contribution in [3.05, 3.63) is 315 Å². The third kappa shape index (κ3) is 7.65. The summed E-state index contributed by atoms with van der Waals surface area (Å²) in [4.78, 5) is 0. The molecule has 2 nitrogen and oxygen atoms in total. The second kappa shape index (κ2) is 19.3. The maximum Gasteiger partial charge on any atom is 0.0541 e. The van der Waals surface area contributed by atoms with Crippen LogP contribution in [0.4, 0.5) is 0 Å². The normalized spacial score (nSPS) is 11.8. The Morgan fingerprint density at radius 2 is 0.476 bits per heavy atom. The van der Waals surface area contributed by atoms with Crippen molar-refractivity contribution in [3.63, 3.8) is 0 Å². The Labute approximate surface area is 486 Å². The molecule has 0 N–H and O–H groups in total. The fourth-order valence-corrected chi connectivity index (χ4v) is 13.8. The predicted molar refractivity (Wildman–Crippen MR) is 358 cm³/mol. The number of fused-ring (bicyclic) bond motifs is 10. The van der Waals surface area contributed by atoms with E-state index in [9.17, 15) is 0 Å². The van der Waals surface area contributed by atoms with E-state index in [0.717, 1.165) is 11.4 Å². The van der Waals surface area contributed by atoms with Crippen LogP contribution in [0.5, 0.6) is 0 Å². The molecule has 0 aliphatic heterocycles. The zero-order chi connectivity index (χ0) is 55.2. The molecule has 0 aliphatic rings. The molecule has 0 saturated carbocycles. The molecule has 0 unspecified atom stereocenters. The van der Waals surface area contributed by atoms with Crippen LogP contribution in [0.15, 0.2) is 315 Å². The molecule has 0 radical (unpaired) electrons. The van der Waals surface area contributed by atoms with Crippen molar-refractivity contribution in [1.29, 1.82) is 0 Å². The Kier molecular flexibility index (Phi) is 11.0. The molecule has 15 aromatic carbocycles. The first-order valence-electron chi connectivity index (χ1n) is 29.1. The van der Waals surface area contributed by atoms with Gasteiger partial charge in [0.05, 0.1) is 22.1 Å². The molecule has 390 valence electrons. The lowest BCUT2D eigenvalue weighted by Gasteiger charge is -2.20. The Balaban J connectivity index is 0.915. The van der Waals surface area contributed by atoms with Gasteiger partial charge in [0, 0.05) is 32.9 Å². The van der Waals surface area contributed by atoms with Crippen LogP contribution >= 0.6 is 0 Å². The Morgan fingerprint density at radius 3 is 0.905 bits per heavy atom. The minimum Gasteiger partial charge on any atom is -0.309 e. The van der Waals surface area contributed by atoms with Crippen molar-refractivity contribution in [1.82, 2.24) is 9.13 Å². The van der Waals surface area contributed by atoms with Gasteiger partial charge in [-0.2, -0.15) is 0 Å². The molecule has 84 heavy (non-hydrogen) atoms. The van der Waals surface area contributed by atoms with Gasteiger partial charge in [0.15, 0.2) is 0 Å². The SMILES string of the molecule is c1ccc(-n2c3ccccc3c3cc(-c4ccc5c(-c6ccc(-c7cccc8ccccc78)cc6)c6cc(-c7ccc8c(c7)c7ccccc7n8-c7ccccc7)ccc6c(-c6ccc(-c7cccc8ccccc78)cc6)c5c4)ccc32)cc1. The second-order valence-electron chi connectivity index (χ2n) is 22.3. The molecule has 0 bridgehead atoms. The van der Waals surface area contributed by atoms with Gasteiger partial charge >= 0.3 is 0 Å². The van der Waals surface area contributed by atoms with Gasteiger partial charge in [-0.25, -0.2) is 0 Å². The van der Waals surface area contributed by atoms with Gasteiger partial charge in [0.1, 0.15) is 0 Å². The first kappa shape index (κ1) is 47.7. The van der Waals surface area contributed by atoms with Gasteiger partial charge in [-0.1, -0.05) is 243 Å². The highest BCUT2D eigenvalue weighted by molar-refractivity contribution is 6.23. The van der Waals surface area contributed by atoms with Crippen molar-refractivity contribution >= 4 is 86.7 Å². The summed E-state index contributed by atoms with van der Waals surface area (Å²) in [5.74, 6) is 0. The average molecular weight is 1070 g/mol. The van der Waals surface area contributed by atoms with E-state index in [-0.39, 0.29) is 0 Å². The van der Waals surface area contributed by atoms with Gasteiger partial charge < -0.3 is 9.13 Å². The third-order valence-electron chi connectivity index (χ3n) is 17.7. The lowest BCUT2D eigenvalue weighted by atomic mass is 9.83. The quantitative estimate of drug-likeness (QED) is 0.134. The summed E-state index contributed by atoms with van der Waals surface area (Å²) >= 11 is 0. The zero-order valence-electron chi connectivity index (χ0n) is 45.9. The van der Waals surface area contributed by atoms with Gasteiger partial charge in [0.2, 0.25) is 0 Å². The van der Waals surface area contributed by atoms with Crippen LogP contribution in [-0.2, 0) is 0 Å². The smallest absolute Gasteiger partial charge is 0.0541 e. The minimum atomic E-state index is 1.15. The molecule has 17 rings (SSSR count). The molecular formula is C82H52N2. The standard InChI is InChI=1S/C82H52N2/c1-3-21-63(22-4-1)83-77-31-13-11-27-69(77)73-49-61(43-47-79(73)83)59-41-45-71-75(51-59)81(57-37-33-55(34-38-57)67-29-15-19-53-17-7-9-25-65(53)67)72-46-42-60(62-44-48-80-74(50-62)70-28-12-14-32-78(70)84(80)64-23-5-2-6-24-64)52-76(72)82(71)58-39-35-56(36-40-58)68-30-16-20-54-18-8-10-26-66(54)68/h1-52H. The molecule has 0 saturated heterocycles. The number of nitrogens with zero attached hydrogens (tertiary/aromatic N) is 2. The number of rotatable bonds is 8. The molecular weight excluding hydrogens is 1010 g/mol. The molecule has 17 aromatic rings. The molecule has 2 aromatic heterocycles. The number of hydrogen-bond acceptors (Lipinski definition) is 0. The monoisotopic (exact) mass is 1060 g/mol. The summed E-state index contributed by atoms with van der Waals surface area (Å²) < 4.78 is 4.79. The zero-order valence-corrected chi connectivity index (χ0v) is 45.9. The molecule has 0 amide bonds. The van der Waals surface area contributed by atoms with Gasteiger partial charge in [-0.15, -0.1) is 0 Å². The van der Waals surface area contributed by atoms with Crippen LogP contribution in [0.2, 0.25) is 0 Å². The summed E-state index contributed by atoms with van der Waals surface area (Å²) in [7, 11) is 0. The fraction of sp³-hybridized carbons (Fsp3) is 0. The van der Waals surface area contributed by atoms with E-state index >= 15 is 0 Å². The van der Waals surface area contributed by atoms with E-state index in [1.165, 1.54) is 153 Å². The van der Waals surface area contributed by atoms with Crippen LogP contribution in [0, 0.1) is 0 Å². The van der Waals surface area contributed by atoms with E-state index in [0.29, 0.717) is 0 Å².